The van der Waals surface area contributed by atoms with Crippen LogP contribution in [0.3, 0.4) is 0 Å². The lowest BCUT2D eigenvalue weighted by atomic mass is 9.97. The molecule has 0 amide bonds. The van der Waals surface area contributed by atoms with Gasteiger partial charge in [-0.25, -0.2) is 9.18 Å². The summed E-state index contributed by atoms with van der Waals surface area (Å²) in [5.74, 6) is -2.14. The van der Waals surface area contributed by atoms with Crippen LogP contribution in [0.1, 0.15) is 11.1 Å². The number of benzene rings is 2. The van der Waals surface area contributed by atoms with Crippen molar-refractivity contribution >= 4 is 5.97 Å². The van der Waals surface area contributed by atoms with Gasteiger partial charge in [0.25, 0.3) is 0 Å². The minimum Gasteiger partial charge on any atom is -0.481 e. The first-order chi connectivity index (χ1) is 10.7. The fourth-order valence-corrected chi connectivity index (χ4v) is 2.14. The Morgan fingerprint density at radius 1 is 1.22 bits per heavy atom. The van der Waals surface area contributed by atoms with Crippen molar-refractivity contribution in [1.29, 1.82) is 0 Å². The summed E-state index contributed by atoms with van der Waals surface area (Å²) < 4.78 is 57.8. The standard InChI is InChI=1S/C16H12F4O3/c1-9-3-2-4-12(17)15(9)11-7-10(16(18,19)20)5-6-13(11)23-8-14(21)22/h2-7H,8H2,1H3,(H,21,22). The Morgan fingerprint density at radius 2 is 1.91 bits per heavy atom. The molecule has 0 unspecified atom stereocenters. The van der Waals surface area contributed by atoms with Gasteiger partial charge in [0.15, 0.2) is 6.61 Å². The van der Waals surface area contributed by atoms with Gasteiger partial charge in [0.2, 0.25) is 0 Å². The van der Waals surface area contributed by atoms with Gasteiger partial charge in [-0.3, -0.25) is 0 Å². The van der Waals surface area contributed by atoms with Gasteiger partial charge in [-0.05, 0) is 36.8 Å². The third-order valence-electron chi connectivity index (χ3n) is 3.15. The Labute approximate surface area is 129 Å². The minimum atomic E-state index is -4.61. The largest absolute Gasteiger partial charge is 0.481 e. The van der Waals surface area contributed by atoms with E-state index >= 15 is 0 Å². The van der Waals surface area contributed by atoms with Crippen molar-refractivity contribution in [2.45, 2.75) is 13.1 Å². The molecule has 23 heavy (non-hydrogen) atoms. The van der Waals surface area contributed by atoms with Gasteiger partial charge in [0.1, 0.15) is 11.6 Å². The van der Waals surface area contributed by atoms with Crippen molar-refractivity contribution in [3.8, 4) is 16.9 Å². The lowest BCUT2D eigenvalue weighted by molar-refractivity contribution is -0.140. The zero-order chi connectivity index (χ0) is 17.2. The summed E-state index contributed by atoms with van der Waals surface area (Å²) in [5, 5.41) is 8.65. The molecule has 122 valence electrons. The second-order valence-corrected chi connectivity index (χ2v) is 4.82. The molecule has 1 N–H and O–H groups in total. The van der Waals surface area contributed by atoms with Crippen LogP contribution in [0, 0.1) is 12.7 Å². The Bertz CT molecular complexity index is 718. The van der Waals surface area contributed by atoms with Gasteiger partial charge in [-0.1, -0.05) is 12.1 Å². The van der Waals surface area contributed by atoms with E-state index in [1.807, 2.05) is 0 Å². The molecule has 0 aromatic heterocycles. The fraction of sp³-hybridized carbons (Fsp3) is 0.188. The SMILES string of the molecule is Cc1cccc(F)c1-c1cc(C(F)(F)F)ccc1OCC(=O)O. The number of carboxylic acids is 1. The van der Waals surface area contributed by atoms with Crippen molar-refractivity contribution in [3.05, 3.63) is 53.3 Å². The molecule has 0 spiro atoms. The van der Waals surface area contributed by atoms with Gasteiger partial charge in [0.05, 0.1) is 5.56 Å². The Balaban J connectivity index is 2.63. The van der Waals surface area contributed by atoms with Crippen molar-refractivity contribution < 1.29 is 32.2 Å². The first-order valence-corrected chi connectivity index (χ1v) is 6.51. The molecule has 0 aliphatic rings. The van der Waals surface area contributed by atoms with Crippen LogP contribution in [0.2, 0.25) is 0 Å². The van der Waals surface area contributed by atoms with E-state index in [1.165, 1.54) is 6.07 Å². The van der Waals surface area contributed by atoms with Crippen molar-refractivity contribution in [2.24, 2.45) is 0 Å². The van der Waals surface area contributed by atoms with E-state index in [9.17, 15) is 22.4 Å². The van der Waals surface area contributed by atoms with Crippen LogP contribution in [0.15, 0.2) is 36.4 Å². The second-order valence-electron chi connectivity index (χ2n) is 4.82. The van der Waals surface area contributed by atoms with E-state index in [-0.39, 0.29) is 16.9 Å². The molecule has 0 saturated carbocycles. The maximum Gasteiger partial charge on any atom is 0.416 e. The highest BCUT2D eigenvalue weighted by Gasteiger charge is 2.32. The highest BCUT2D eigenvalue weighted by molar-refractivity contribution is 5.75. The van der Waals surface area contributed by atoms with Crippen LogP contribution < -0.4 is 4.74 Å². The molecule has 2 aromatic carbocycles. The topological polar surface area (TPSA) is 46.5 Å². The van der Waals surface area contributed by atoms with Gasteiger partial charge in [-0.2, -0.15) is 13.2 Å². The summed E-state index contributed by atoms with van der Waals surface area (Å²) in [6, 6.07) is 6.59. The summed E-state index contributed by atoms with van der Waals surface area (Å²) >= 11 is 0. The minimum absolute atomic E-state index is 0.0565. The number of carbonyl (C=O) groups is 1. The number of ether oxygens (including phenoxy) is 1. The maximum absolute atomic E-state index is 14.1. The molecule has 3 nitrogen and oxygen atoms in total. The molecule has 0 heterocycles. The first-order valence-electron chi connectivity index (χ1n) is 6.51. The predicted octanol–water partition coefficient (Wildman–Crippen LogP) is 4.28. The zero-order valence-electron chi connectivity index (χ0n) is 11.9. The molecular weight excluding hydrogens is 316 g/mol. The Hall–Kier alpha value is -2.57. The van der Waals surface area contributed by atoms with E-state index in [2.05, 4.69) is 0 Å². The van der Waals surface area contributed by atoms with E-state index in [1.54, 1.807) is 13.0 Å². The third-order valence-corrected chi connectivity index (χ3v) is 3.15. The van der Waals surface area contributed by atoms with Crippen LogP contribution >= 0.6 is 0 Å². The lowest BCUT2D eigenvalue weighted by Gasteiger charge is -2.16. The molecule has 7 heteroatoms. The summed E-state index contributed by atoms with van der Waals surface area (Å²) in [4.78, 5) is 10.6. The maximum atomic E-state index is 14.1. The number of rotatable bonds is 4. The van der Waals surface area contributed by atoms with Gasteiger partial charge in [-0.15, -0.1) is 0 Å². The average molecular weight is 328 g/mol. The molecule has 0 radical (unpaired) electrons. The summed E-state index contributed by atoms with van der Waals surface area (Å²) in [6.45, 7) is 0.797. The van der Waals surface area contributed by atoms with E-state index in [0.717, 1.165) is 24.3 Å². The van der Waals surface area contributed by atoms with Crippen LogP contribution in [0.5, 0.6) is 5.75 Å². The number of alkyl halides is 3. The summed E-state index contributed by atoms with van der Waals surface area (Å²) in [6.07, 6.45) is -4.61. The molecule has 0 aliphatic carbocycles. The number of halogens is 4. The van der Waals surface area contributed by atoms with Gasteiger partial charge < -0.3 is 9.84 Å². The molecule has 2 rings (SSSR count). The Morgan fingerprint density at radius 3 is 2.48 bits per heavy atom. The zero-order valence-corrected chi connectivity index (χ0v) is 11.9. The third kappa shape index (κ3) is 3.80. The Kier molecular flexibility index (Phi) is 4.58. The lowest BCUT2D eigenvalue weighted by Crippen LogP contribution is -2.11. The van der Waals surface area contributed by atoms with Crippen LogP contribution in [-0.2, 0) is 11.0 Å². The molecule has 0 saturated heterocycles. The average Bonchev–Trinajstić information content (AvgIpc) is 2.44. The van der Waals surface area contributed by atoms with Gasteiger partial charge in [0, 0.05) is 11.1 Å². The highest BCUT2D eigenvalue weighted by Crippen LogP contribution is 2.39. The predicted molar refractivity (Wildman–Crippen MR) is 74.7 cm³/mol. The van der Waals surface area contributed by atoms with E-state index in [0.29, 0.717) is 5.56 Å². The van der Waals surface area contributed by atoms with Crippen LogP contribution in [-0.4, -0.2) is 17.7 Å². The number of hydrogen-bond donors (Lipinski definition) is 1. The number of carboxylic acid groups (broad SMARTS) is 1. The number of aryl methyl sites for hydroxylation is 1. The fourth-order valence-electron chi connectivity index (χ4n) is 2.14. The summed E-state index contributed by atoms with van der Waals surface area (Å²) in [7, 11) is 0. The van der Waals surface area contributed by atoms with E-state index < -0.39 is 30.1 Å². The van der Waals surface area contributed by atoms with Crippen LogP contribution in [0.25, 0.3) is 11.1 Å². The first kappa shape index (κ1) is 16.8. The number of hydrogen-bond acceptors (Lipinski definition) is 2. The second kappa shape index (κ2) is 6.28. The van der Waals surface area contributed by atoms with Crippen molar-refractivity contribution in [2.75, 3.05) is 6.61 Å². The molecular formula is C16H12F4O3. The normalized spacial score (nSPS) is 11.3. The monoisotopic (exact) mass is 328 g/mol. The summed E-state index contributed by atoms with van der Waals surface area (Å²) in [5.41, 5.74) is -0.766. The van der Waals surface area contributed by atoms with Gasteiger partial charge >= 0.3 is 12.1 Å². The van der Waals surface area contributed by atoms with Crippen molar-refractivity contribution in [3.63, 3.8) is 0 Å². The smallest absolute Gasteiger partial charge is 0.416 e. The van der Waals surface area contributed by atoms with E-state index in [4.69, 9.17) is 9.84 Å². The van der Waals surface area contributed by atoms with Crippen molar-refractivity contribution in [1.82, 2.24) is 0 Å². The quantitative estimate of drug-likeness (QED) is 0.852. The molecule has 0 aliphatic heterocycles. The molecule has 0 atom stereocenters. The number of aliphatic carboxylic acids is 1. The van der Waals surface area contributed by atoms with Crippen LogP contribution in [0.4, 0.5) is 17.6 Å². The highest BCUT2D eigenvalue weighted by atomic mass is 19.4. The molecule has 2 aromatic rings. The molecule has 0 fully saturated rings. The molecule has 0 bridgehead atoms.